The van der Waals surface area contributed by atoms with Gasteiger partial charge in [0.2, 0.25) is 0 Å². The standard InChI is InChI=1S/C70H45N2O/c1-2-62-69(54-27-8-7-26-53(54)68(71-62)45-34-36-61-55(40-45)50-24-11-15-31-60(50)70(61)58-29-13-9-22-48(58)49-23-10-14-30-59(49)70)72-63-32-17-28-52(67(63)57-38-42-18-3-4-19-43(42)41-64(57)72)47-21-6-5-20-46(47)44-35-37-66-56(39-44)51-25-12-16-33-65(51)73-66/h3-41,62H,2H2,1H3/q-1. The summed E-state index contributed by atoms with van der Waals surface area (Å²) in [6.07, 6.45) is 0.833. The zero-order chi connectivity index (χ0) is 47.9. The Balaban J connectivity index is 0.941. The predicted molar refractivity (Wildman–Crippen MR) is 302 cm³/mol. The van der Waals surface area contributed by atoms with Crippen molar-refractivity contribution in [2.24, 2.45) is 0 Å². The minimum Gasteiger partial charge on any atom is -0.676 e. The zero-order valence-electron chi connectivity index (χ0n) is 40.1. The predicted octanol–water partition coefficient (Wildman–Crippen LogP) is 16.5. The quantitative estimate of drug-likeness (QED) is 0.169. The van der Waals surface area contributed by atoms with Crippen LogP contribution >= 0.6 is 0 Å². The van der Waals surface area contributed by atoms with Gasteiger partial charge in [0.1, 0.15) is 11.2 Å². The summed E-state index contributed by atoms with van der Waals surface area (Å²) in [5.41, 5.74) is 22.5. The molecule has 2 aliphatic carbocycles. The van der Waals surface area contributed by atoms with Crippen LogP contribution in [-0.4, -0.2) is 10.6 Å². The molecule has 0 bridgehead atoms. The molecule has 73 heavy (non-hydrogen) atoms. The lowest BCUT2D eigenvalue weighted by atomic mass is 9.70. The van der Waals surface area contributed by atoms with Crippen LogP contribution < -0.4 is 10.4 Å². The van der Waals surface area contributed by atoms with Crippen molar-refractivity contribution < 1.29 is 4.42 Å². The van der Waals surface area contributed by atoms with Crippen LogP contribution in [0.15, 0.2) is 241 Å². The Morgan fingerprint density at radius 1 is 0.411 bits per heavy atom. The molecular formula is C70H45N2O-. The fourth-order valence-electron chi connectivity index (χ4n) is 13.5. The van der Waals surface area contributed by atoms with E-state index in [1.54, 1.807) is 0 Å². The first-order valence-corrected chi connectivity index (χ1v) is 25.6. The van der Waals surface area contributed by atoms with Crippen molar-refractivity contribution in [3.8, 4) is 44.5 Å². The summed E-state index contributed by atoms with van der Waals surface area (Å²) in [6.45, 7) is 2.29. The summed E-state index contributed by atoms with van der Waals surface area (Å²) in [7, 11) is 0. The summed E-state index contributed by atoms with van der Waals surface area (Å²) < 4.78 is 8.86. The van der Waals surface area contributed by atoms with Gasteiger partial charge in [-0.3, -0.25) is 0 Å². The average molecular weight is 930 g/mol. The number of rotatable bonds is 5. The third-order valence-electron chi connectivity index (χ3n) is 16.5. The molecule has 16 rings (SSSR count). The molecule has 11 aromatic carbocycles. The van der Waals surface area contributed by atoms with Crippen molar-refractivity contribution in [3.63, 3.8) is 0 Å². The van der Waals surface area contributed by atoms with Gasteiger partial charge >= 0.3 is 0 Å². The molecule has 0 saturated carbocycles. The number of benzene rings is 11. The molecule has 1 spiro atoms. The minimum absolute atomic E-state index is 0.122. The highest BCUT2D eigenvalue weighted by molar-refractivity contribution is 6.20. The Morgan fingerprint density at radius 3 is 1.74 bits per heavy atom. The largest absolute Gasteiger partial charge is 0.676 e. The third-order valence-corrected chi connectivity index (χ3v) is 16.5. The highest BCUT2D eigenvalue weighted by atomic mass is 16.3. The van der Waals surface area contributed by atoms with Crippen LogP contribution in [0.5, 0.6) is 0 Å². The molecule has 13 aromatic rings. The molecule has 0 saturated heterocycles. The van der Waals surface area contributed by atoms with E-state index in [2.05, 4.69) is 242 Å². The van der Waals surface area contributed by atoms with Gasteiger partial charge in [0.15, 0.2) is 0 Å². The Morgan fingerprint density at radius 2 is 0.986 bits per heavy atom. The number of hydrogen-bond acceptors (Lipinski definition) is 1. The Labute approximate surface area is 422 Å². The smallest absolute Gasteiger partial charge is 0.135 e. The van der Waals surface area contributed by atoms with Crippen LogP contribution in [0.1, 0.15) is 41.2 Å². The van der Waals surface area contributed by atoms with Crippen molar-refractivity contribution in [1.82, 2.24) is 4.57 Å². The van der Waals surface area contributed by atoms with Gasteiger partial charge in [0, 0.05) is 27.2 Å². The maximum atomic E-state index is 6.29. The average Bonchev–Trinajstić information content (AvgIpc) is 4.18. The molecule has 1 atom stereocenters. The van der Waals surface area contributed by atoms with Crippen LogP contribution in [-0.2, 0) is 5.41 Å². The van der Waals surface area contributed by atoms with E-state index in [-0.39, 0.29) is 11.5 Å². The van der Waals surface area contributed by atoms with Crippen LogP contribution in [0.3, 0.4) is 0 Å². The Bertz CT molecular complexity index is 4610. The summed E-state index contributed by atoms with van der Waals surface area (Å²) in [6, 6.07) is 87.7. The van der Waals surface area contributed by atoms with Gasteiger partial charge in [-0.15, -0.1) is 5.70 Å². The molecule has 0 amide bonds. The fraction of sp³-hybridized carbons (Fsp3) is 0.0571. The van der Waals surface area contributed by atoms with Gasteiger partial charge < -0.3 is 14.3 Å². The molecule has 3 heterocycles. The van der Waals surface area contributed by atoms with E-state index in [9.17, 15) is 0 Å². The molecule has 3 aliphatic rings. The summed E-state index contributed by atoms with van der Waals surface area (Å²) in [4.78, 5) is 0. The van der Waals surface area contributed by atoms with Crippen molar-refractivity contribution in [2.75, 3.05) is 0 Å². The van der Waals surface area contributed by atoms with Gasteiger partial charge in [0.25, 0.3) is 0 Å². The Kier molecular flexibility index (Phi) is 8.42. The van der Waals surface area contributed by atoms with E-state index in [1.807, 2.05) is 6.07 Å². The first kappa shape index (κ1) is 40.5. The van der Waals surface area contributed by atoms with Crippen molar-refractivity contribution in [3.05, 3.63) is 280 Å². The van der Waals surface area contributed by atoms with E-state index in [0.717, 1.165) is 50.4 Å². The van der Waals surface area contributed by atoms with E-state index in [0.29, 0.717) is 0 Å². The van der Waals surface area contributed by atoms with E-state index >= 15 is 0 Å². The van der Waals surface area contributed by atoms with Crippen molar-refractivity contribution in [2.45, 2.75) is 24.8 Å². The fourth-order valence-corrected chi connectivity index (χ4v) is 13.5. The van der Waals surface area contributed by atoms with Gasteiger partial charge in [-0.2, -0.15) is 0 Å². The first-order valence-electron chi connectivity index (χ1n) is 25.6. The molecule has 3 nitrogen and oxygen atoms in total. The molecular weight excluding hydrogens is 885 g/mol. The number of furan rings is 1. The molecule has 0 N–H and O–H groups in total. The van der Waals surface area contributed by atoms with Crippen molar-refractivity contribution >= 4 is 65.9 Å². The van der Waals surface area contributed by atoms with Gasteiger partial charge in [0.05, 0.1) is 16.4 Å². The maximum Gasteiger partial charge on any atom is 0.135 e. The maximum absolute atomic E-state index is 6.29. The van der Waals surface area contributed by atoms with Crippen molar-refractivity contribution in [1.29, 1.82) is 0 Å². The second-order valence-corrected chi connectivity index (χ2v) is 20.1. The summed E-state index contributed by atoms with van der Waals surface area (Å²) in [5, 5.41) is 15.4. The lowest BCUT2D eigenvalue weighted by molar-refractivity contribution is 0.669. The highest BCUT2D eigenvalue weighted by Gasteiger charge is 2.51. The first-order chi connectivity index (χ1) is 36.2. The van der Waals surface area contributed by atoms with Crippen LogP contribution in [0, 0.1) is 0 Å². The van der Waals surface area contributed by atoms with E-state index in [4.69, 9.17) is 9.73 Å². The van der Waals surface area contributed by atoms with Gasteiger partial charge in [-0.05, 0) is 136 Å². The Hall–Kier alpha value is -9.18. The monoisotopic (exact) mass is 929 g/mol. The second-order valence-electron chi connectivity index (χ2n) is 20.1. The normalized spacial score (nSPS) is 15.0. The minimum atomic E-state index is -0.390. The second kappa shape index (κ2) is 15.2. The molecule has 0 fully saturated rings. The van der Waals surface area contributed by atoms with E-state index in [1.165, 1.54) is 105 Å². The molecule has 0 radical (unpaired) electrons. The molecule has 342 valence electrons. The molecule has 1 aliphatic heterocycles. The number of para-hydroxylation sites is 1. The zero-order valence-corrected chi connectivity index (χ0v) is 40.1. The van der Waals surface area contributed by atoms with E-state index < -0.39 is 0 Å². The SMILES string of the molecule is CCC1[N-]C(c2ccc3c(c2)-c2ccccc2C32c3ccccc3-c3ccccc32)=c2ccccc2=C1n1c2cc3ccccc3cc2c2c(-c3ccccc3-c3ccc4oc5ccccc5c4c3)cccc21. The van der Waals surface area contributed by atoms with Crippen LogP contribution in [0.2, 0.25) is 0 Å². The highest BCUT2D eigenvalue weighted by Crippen LogP contribution is 2.63. The lowest BCUT2D eigenvalue weighted by Crippen LogP contribution is -2.39. The molecule has 3 heteroatoms. The van der Waals surface area contributed by atoms with Crippen LogP contribution in [0.25, 0.3) is 116 Å². The van der Waals surface area contributed by atoms with Gasteiger partial charge in [-0.25, -0.2) is 0 Å². The number of hydrogen-bond donors (Lipinski definition) is 0. The lowest BCUT2D eigenvalue weighted by Gasteiger charge is -2.41. The summed E-state index contributed by atoms with van der Waals surface area (Å²) >= 11 is 0. The molecule has 1 unspecified atom stereocenters. The third kappa shape index (κ3) is 5.49. The number of aromatic nitrogens is 1. The van der Waals surface area contributed by atoms with Gasteiger partial charge in [-0.1, -0.05) is 214 Å². The van der Waals surface area contributed by atoms with Crippen LogP contribution in [0.4, 0.5) is 0 Å². The molecule has 2 aromatic heterocycles. The number of fused-ring (bicyclic) bond motifs is 18. The number of nitrogens with zero attached hydrogens (tertiary/aromatic N) is 2. The summed E-state index contributed by atoms with van der Waals surface area (Å²) in [5.74, 6) is 0. The topological polar surface area (TPSA) is 32.2 Å².